The summed E-state index contributed by atoms with van der Waals surface area (Å²) in [4.78, 5) is 34.5. The predicted octanol–water partition coefficient (Wildman–Crippen LogP) is 1.34. The topological polar surface area (TPSA) is 69.7 Å². The fourth-order valence-corrected chi connectivity index (χ4v) is 1.37. The van der Waals surface area contributed by atoms with Gasteiger partial charge in [-0.1, -0.05) is 20.8 Å². The zero-order valence-electron chi connectivity index (χ0n) is 11.0. The van der Waals surface area contributed by atoms with Gasteiger partial charge < -0.3 is 9.47 Å². The van der Waals surface area contributed by atoms with Crippen LogP contribution in [0, 0.1) is 11.3 Å². The average molecular weight is 244 g/mol. The van der Waals surface area contributed by atoms with Crippen molar-refractivity contribution in [3.05, 3.63) is 0 Å². The van der Waals surface area contributed by atoms with Gasteiger partial charge in [-0.25, -0.2) is 0 Å². The van der Waals surface area contributed by atoms with E-state index in [2.05, 4.69) is 9.47 Å². The van der Waals surface area contributed by atoms with Gasteiger partial charge in [0.25, 0.3) is 0 Å². The number of hydrogen-bond acceptors (Lipinski definition) is 5. The lowest BCUT2D eigenvalue weighted by molar-refractivity contribution is -0.155. The second-order valence-corrected chi connectivity index (χ2v) is 5.06. The van der Waals surface area contributed by atoms with E-state index in [0.717, 1.165) is 0 Å². The minimum atomic E-state index is -1.06. The molecule has 0 aliphatic carbocycles. The van der Waals surface area contributed by atoms with Crippen LogP contribution in [0.4, 0.5) is 0 Å². The molecule has 0 heterocycles. The molecule has 17 heavy (non-hydrogen) atoms. The highest BCUT2D eigenvalue weighted by Gasteiger charge is 2.32. The second-order valence-electron chi connectivity index (χ2n) is 5.06. The highest BCUT2D eigenvalue weighted by Crippen LogP contribution is 2.23. The maximum Gasteiger partial charge on any atom is 0.316 e. The molecule has 0 aromatic carbocycles. The Balaban J connectivity index is 4.74. The van der Waals surface area contributed by atoms with E-state index in [0.29, 0.717) is 0 Å². The van der Waals surface area contributed by atoms with Gasteiger partial charge >= 0.3 is 11.9 Å². The Morgan fingerprint density at radius 3 is 1.94 bits per heavy atom. The molecule has 1 unspecified atom stereocenters. The molecular weight excluding hydrogens is 224 g/mol. The quantitative estimate of drug-likeness (QED) is 0.539. The molecule has 5 heteroatoms. The van der Waals surface area contributed by atoms with Crippen LogP contribution in [0.25, 0.3) is 0 Å². The fourth-order valence-electron chi connectivity index (χ4n) is 1.37. The van der Waals surface area contributed by atoms with Gasteiger partial charge in [-0.2, -0.15) is 0 Å². The Kier molecular flexibility index (Phi) is 5.85. The zero-order chi connectivity index (χ0) is 13.6. The Morgan fingerprint density at radius 1 is 1.06 bits per heavy atom. The van der Waals surface area contributed by atoms with Gasteiger partial charge in [0.2, 0.25) is 0 Å². The van der Waals surface area contributed by atoms with E-state index in [1.165, 1.54) is 14.2 Å². The van der Waals surface area contributed by atoms with Crippen LogP contribution < -0.4 is 0 Å². The largest absolute Gasteiger partial charge is 0.469 e. The van der Waals surface area contributed by atoms with Gasteiger partial charge in [0.1, 0.15) is 11.7 Å². The van der Waals surface area contributed by atoms with Crippen molar-refractivity contribution in [1.82, 2.24) is 0 Å². The first kappa shape index (κ1) is 15.6. The Labute approximate surface area is 101 Å². The van der Waals surface area contributed by atoms with E-state index >= 15 is 0 Å². The SMILES string of the molecule is COC(=O)CC(C(=O)CC(C)(C)C)C(=O)OC. The van der Waals surface area contributed by atoms with E-state index in [4.69, 9.17) is 0 Å². The molecule has 0 aromatic rings. The van der Waals surface area contributed by atoms with Crippen LogP contribution in [0.1, 0.15) is 33.6 Å². The van der Waals surface area contributed by atoms with Gasteiger partial charge in [0.05, 0.1) is 20.6 Å². The normalized spacial score (nSPS) is 12.8. The smallest absolute Gasteiger partial charge is 0.316 e. The van der Waals surface area contributed by atoms with E-state index in [1.54, 1.807) is 0 Å². The Morgan fingerprint density at radius 2 is 1.59 bits per heavy atom. The third kappa shape index (κ3) is 6.04. The summed E-state index contributed by atoms with van der Waals surface area (Å²) in [5, 5.41) is 0. The second kappa shape index (κ2) is 6.37. The maximum absolute atomic E-state index is 11.9. The van der Waals surface area contributed by atoms with Gasteiger partial charge in [0.15, 0.2) is 0 Å². The number of methoxy groups -OCH3 is 2. The van der Waals surface area contributed by atoms with Crippen LogP contribution in [-0.2, 0) is 23.9 Å². The molecule has 0 bridgehead atoms. The number of carbonyl (C=O) groups excluding carboxylic acids is 3. The number of rotatable bonds is 5. The molecule has 0 aliphatic heterocycles. The molecule has 1 atom stereocenters. The molecule has 0 spiro atoms. The van der Waals surface area contributed by atoms with E-state index in [1.807, 2.05) is 20.8 Å². The third-order valence-corrected chi connectivity index (χ3v) is 2.18. The van der Waals surface area contributed by atoms with Crippen molar-refractivity contribution in [2.45, 2.75) is 33.6 Å². The summed E-state index contributed by atoms with van der Waals surface area (Å²) in [5.74, 6) is -2.64. The van der Waals surface area contributed by atoms with Crippen LogP contribution in [0.3, 0.4) is 0 Å². The minimum Gasteiger partial charge on any atom is -0.469 e. The monoisotopic (exact) mass is 244 g/mol. The summed E-state index contributed by atoms with van der Waals surface area (Å²) < 4.78 is 8.98. The molecular formula is C12H20O5. The van der Waals surface area contributed by atoms with Crippen LogP contribution in [0.2, 0.25) is 0 Å². The molecule has 0 fully saturated rings. The average Bonchev–Trinajstić information content (AvgIpc) is 2.21. The Hall–Kier alpha value is -1.39. The van der Waals surface area contributed by atoms with Crippen molar-refractivity contribution >= 4 is 17.7 Å². The van der Waals surface area contributed by atoms with E-state index in [9.17, 15) is 14.4 Å². The van der Waals surface area contributed by atoms with E-state index in [-0.39, 0.29) is 24.0 Å². The number of Topliss-reactive ketones (excluding diaryl/α,β-unsaturated/α-hetero) is 1. The number of ketones is 1. The van der Waals surface area contributed by atoms with Crippen molar-refractivity contribution in [3.8, 4) is 0 Å². The van der Waals surface area contributed by atoms with Gasteiger partial charge in [-0.3, -0.25) is 14.4 Å². The van der Waals surface area contributed by atoms with Crippen molar-refractivity contribution in [1.29, 1.82) is 0 Å². The summed E-state index contributed by atoms with van der Waals surface area (Å²) in [5.41, 5.74) is -0.237. The van der Waals surface area contributed by atoms with Gasteiger partial charge in [-0.15, -0.1) is 0 Å². The zero-order valence-corrected chi connectivity index (χ0v) is 11.0. The number of esters is 2. The van der Waals surface area contributed by atoms with Gasteiger partial charge in [-0.05, 0) is 5.41 Å². The summed E-state index contributed by atoms with van der Waals surface area (Å²) in [6.07, 6.45) is -0.0537. The first-order valence-corrected chi connectivity index (χ1v) is 5.38. The number of hydrogen-bond donors (Lipinski definition) is 0. The first-order chi connectivity index (χ1) is 7.71. The molecule has 0 amide bonds. The summed E-state index contributed by atoms with van der Waals surface area (Å²) >= 11 is 0. The highest BCUT2D eigenvalue weighted by molar-refractivity contribution is 6.01. The molecule has 0 aromatic heterocycles. The molecule has 5 nitrogen and oxygen atoms in total. The molecule has 0 N–H and O–H groups in total. The lowest BCUT2D eigenvalue weighted by Gasteiger charge is -2.20. The van der Waals surface area contributed by atoms with Crippen LogP contribution in [0.15, 0.2) is 0 Å². The summed E-state index contributed by atoms with van der Waals surface area (Å²) in [6, 6.07) is 0. The lowest BCUT2D eigenvalue weighted by Crippen LogP contribution is -2.30. The summed E-state index contributed by atoms with van der Waals surface area (Å²) in [7, 11) is 2.40. The van der Waals surface area contributed by atoms with Crippen molar-refractivity contribution in [2.75, 3.05) is 14.2 Å². The van der Waals surface area contributed by atoms with Crippen molar-refractivity contribution < 1.29 is 23.9 Å². The molecule has 0 saturated heterocycles. The number of ether oxygens (including phenoxy) is 2. The minimum absolute atomic E-state index is 0.212. The molecule has 0 radical (unpaired) electrons. The number of carbonyl (C=O) groups is 3. The Bertz CT molecular complexity index is 301. The van der Waals surface area contributed by atoms with Gasteiger partial charge in [0, 0.05) is 6.42 Å². The first-order valence-electron chi connectivity index (χ1n) is 5.38. The fraction of sp³-hybridized carbons (Fsp3) is 0.750. The molecule has 98 valence electrons. The highest BCUT2D eigenvalue weighted by atomic mass is 16.5. The standard InChI is InChI=1S/C12H20O5/c1-12(2,3)7-9(13)8(11(15)17-5)6-10(14)16-4/h8H,6-7H2,1-5H3. The molecule has 0 saturated carbocycles. The summed E-state index contributed by atoms with van der Waals surface area (Å²) in [6.45, 7) is 5.66. The third-order valence-electron chi connectivity index (χ3n) is 2.18. The predicted molar refractivity (Wildman–Crippen MR) is 61.2 cm³/mol. The maximum atomic E-state index is 11.9. The lowest BCUT2D eigenvalue weighted by atomic mass is 9.84. The molecule has 0 aliphatic rings. The van der Waals surface area contributed by atoms with Crippen molar-refractivity contribution in [2.24, 2.45) is 11.3 Å². The van der Waals surface area contributed by atoms with Crippen LogP contribution in [0.5, 0.6) is 0 Å². The van der Waals surface area contributed by atoms with Crippen LogP contribution in [-0.4, -0.2) is 31.9 Å². The van der Waals surface area contributed by atoms with Crippen molar-refractivity contribution in [3.63, 3.8) is 0 Å². The van der Waals surface area contributed by atoms with Crippen LogP contribution >= 0.6 is 0 Å². The van der Waals surface area contributed by atoms with E-state index < -0.39 is 17.9 Å². The molecule has 0 rings (SSSR count).